The van der Waals surface area contributed by atoms with Gasteiger partial charge in [-0.05, 0) is 46.3 Å². The van der Waals surface area contributed by atoms with Crippen LogP contribution in [0.25, 0.3) is 0 Å². The Kier molecular flexibility index (Phi) is 4.98. The van der Waals surface area contributed by atoms with Crippen molar-refractivity contribution in [2.24, 2.45) is 10.9 Å². The van der Waals surface area contributed by atoms with Crippen molar-refractivity contribution in [3.05, 3.63) is 62.5 Å². The summed E-state index contributed by atoms with van der Waals surface area (Å²) in [6, 6.07) is 12.0. The van der Waals surface area contributed by atoms with Gasteiger partial charge in [0.25, 0.3) is 5.91 Å². The van der Waals surface area contributed by atoms with Crippen molar-refractivity contribution in [2.45, 2.75) is 0 Å². The maximum absolute atomic E-state index is 12.3. The van der Waals surface area contributed by atoms with E-state index >= 15 is 0 Å². The summed E-state index contributed by atoms with van der Waals surface area (Å²) in [5, 5.41) is 14.4. The molecule has 0 aromatic heterocycles. The van der Waals surface area contributed by atoms with Crippen LogP contribution in [0, 0.1) is 0 Å². The fourth-order valence-electron chi connectivity index (χ4n) is 1.67. The van der Waals surface area contributed by atoms with E-state index in [0.29, 0.717) is 16.8 Å². The molecule has 0 aliphatic carbocycles. The summed E-state index contributed by atoms with van der Waals surface area (Å²) in [7, 11) is 0. The van der Waals surface area contributed by atoms with Crippen molar-refractivity contribution in [3.8, 4) is 0 Å². The molecule has 2 rings (SSSR count). The number of halogens is 2. The van der Waals surface area contributed by atoms with Crippen LogP contribution in [0.1, 0.15) is 15.9 Å². The molecule has 0 radical (unpaired) electrons. The average molecular weight is 413 g/mol. The van der Waals surface area contributed by atoms with Crippen molar-refractivity contribution in [1.29, 1.82) is 0 Å². The predicted octanol–water partition coefficient (Wildman–Crippen LogP) is 3.56. The predicted molar refractivity (Wildman–Crippen MR) is 88.7 cm³/mol. The highest BCUT2D eigenvalue weighted by Gasteiger charge is 2.10. The van der Waals surface area contributed by atoms with E-state index in [0.717, 1.165) is 8.95 Å². The molecule has 21 heavy (non-hydrogen) atoms. The monoisotopic (exact) mass is 411 g/mol. The Morgan fingerprint density at radius 3 is 2.57 bits per heavy atom. The third-order valence-electron chi connectivity index (χ3n) is 2.70. The summed E-state index contributed by atoms with van der Waals surface area (Å²) in [5.41, 5.74) is 7.04. The second-order valence-electron chi connectivity index (χ2n) is 4.14. The van der Waals surface area contributed by atoms with Crippen molar-refractivity contribution in [2.75, 3.05) is 5.32 Å². The van der Waals surface area contributed by atoms with Crippen LogP contribution in [0.5, 0.6) is 0 Å². The minimum atomic E-state index is -0.290. The zero-order chi connectivity index (χ0) is 15.4. The molecule has 0 atom stereocenters. The van der Waals surface area contributed by atoms with Gasteiger partial charge in [0.15, 0.2) is 5.84 Å². The Balaban J connectivity index is 2.26. The van der Waals surface area contributed by atoms with Gasteiger partial charge in [0.1, 0.15) is 0 Å². The number of anilines is 1. The zero-order valence-electron chi connectivity index (χ0n) is 10.7. The molecule has 0 spiro atoms. The van der Waals surface area contributed by atoms with E-state index in [1.54, 1.807) is 30.3 Å². The molecule has 0 saturated carbocycles. The first-order chi connectivity index (χ1) is 10.0. The highest BCUT2D eigenvalue weighted by molar-refractivity contribution is 9.11. The highest BCUT2D eigenvalue weighted by atomic mass is 79.9. The fraction of sp³-hybridized carbons (Fsp3) is 0. The molecular formula is C14H11Br2N3O2. The summed E-state index contributed by atoms with van der Waals surface area (Å²) >= 11 is 6.72. The number of nitrogens with zero attached hydrogens (tertiary/aromatic N) is 1. The number of rotatable bonds is 3. The summed E-state index contributed by atoms with van der Waals surface area (Å²) in [5.74, 6) is -0.338. The number of amides is 1. The molecule has 0 saturated heterocycles. The van der Waals surface area contributed by atoms with Gasteiger partial charge >= 0.3 is 0 Å². The number of hydrogen-bond donors (Lipinski definition) is 3. The van der Waals surface area contributed by atoms with Crippen molar-refractivity contribution in [3.63, 3.8) is 0 Å². The molecule has 2 aromatic rings. The Bertz CT molecular complexity index is 717. The summed E-state index contributed by atoms with van der Waals surface area (Å²) in [6.45, 7) is 0. The van der Waals surface area contributed by atoms with Crippen molar-refractivity contribution < 1.29 is 10.0 Å². The number of nitrogens with one attached hydrogen (secondary N) is 1. The quantitative estimate of drug-likeness (QED) is 0.311. The summed E-state index contributed by atoms with van der Waals surface area (Å²) in [6.07, 6.45) is 0. The van der Waals surface area contributed by atoms with Crippen LogP contribution < -0.4 is 11.1 Å². The maximum atomic E-state index is 12.3. The minimum absolute atomic E-state index is 0.0479. The van der Waals surface area contributed by atoms with Gasteiger partial charge in [0, 0.05) is 20.1 Å². The van der Waals surface area contributed by atoms with Gasteiger partial charge in [-0.1, -0.05) is 33.2 Å². The van der Waals surface area contributed by atoms with Crippen LogP contribution in [0.2, 0.25) is 0 Å². The normalized spacial score (nSPS) is 11.2. The van der Waals surface area contributed by atoms with Gasteiger partial charge in [-0.25, -0.2) is 0 Å². The van der Waals surface area contributed by atoms with E-state index in [4.69, 9.17) is 10.9 Å². The highest BCUT2D eigenvalue weighted by Crippen LogP contribution is 2.26. The number of benzene rings is 2. The standard InChI is InChI=1S/C14H11Br2N3O2/c15-10-4-5-11(16)12(7-10)18-14(20)9-3-1-2-8(6-9)13(17)19-21/h1-7,21H,(H2,17,19)(H,18,20). The summed E-state index contributed by atoms with van der Waals surface area (Å²) in [4.78, 5) is 12.3. The Hall–Kier alpha value is -1.86. The van der Waals surface area contributed by atoms with Gasteiger partial charge in [-0.3, -0.25) is 4.79 Å². The van der Waals surface area contributed by atoms with E-state index in [1.165, 1.54) is 0 Å². The van der Waals surface area contributed by atoms with E-state index < -0.39 is 0 Å². The largest absolute Gasteiger partial charge is 0.409 e. The molecular weight excluding hydrogens is 402 g/mol. The number of hydrogen-bond acceptors (Lipinski definition) is 3. The van der Waals surface area contributed by atoms with Crippen LogP contribution in [-0.4, -0.2) is 17.0 Å². The molecule has 2 aromatic carbocycles. The van der Waals surface area contributed by atoms with Gasteiger partial charge in [0.05, 0.1) is 5.69 Å². The molecule has 0 heterocycles. The third kappa shape index (κ3) is 3.83. The zero-order valence-corrected chi connectivity index (χ0v) is 13.8. The Morgan fingerprint density at radius 2 is 1.86 bits per heavy atom. The van der Waals surface area contributed by atoms with Crippen LogP contribution in [0.15, 0.2) is 56.6 Å². The summed E-state index contributed by atoms with van der Waals surface area (Å²) < 4.78 is 1.62. The number of amidine groups is 1. The maximum Gasteiger partial charge on any atom is 0.255 e. The number of nitrogens with two attached hydrogens (primary N) is 1. The minimum Gasteiger partial charge on any atom is -0.409 e. The first-order valence-electron chi connectivity index (χ1n) is 5.85. The lowest BCUT2D eigenvalue weighted by atomic mass is 10.1. The lowest BCUT2D eigenvalue weighted by Crippen LogP contribution is -2.16. The molecule has 7 heteroatoms. The Labute approximate surface area is 138 Å². The molecule has 0 aliphatic rings. The fourth-order valence-corrected chi connectivity index (χ4v) is 2.37. The smallest absolute Gasteiger partial charge is 0.255 e. The molecule has 5 nitrogen and oxygen atoms in total. The molecule has 0 aliphatic heterocycles. The second kappa shape index (κ2) is 6.73. The van der Waals surface area contributed by atoms with Gasteiger partial charge < -0.3 is 16.3 Å². The number of carbonyl (C=O) groups excluding carboxylic acids is 1. The topological polar surface area (TPSA) is 87.7 Å². The first-order valence-corrected chi connectivity index (χ1v) is 7.44. The van der Waals surface area contributed by atoms with E-state index in [9.17, 15) is 4.79 Å². The molecule has 1 amide bonds. The van der Waals surface area contributed by atoms with Gasteiger partial charge in [-0.15, -0.1) is 0 Å². The number of oxime groups is 1. The second-order valence-corrected chi connectivity index (χ2v) is 5.91. The first kappa shape index (κ1) is 15.5. The average Bonchev–Trinajstić information content (AvgIpc) is 2.50. The third-order valence-corrected chi connectivity index (χ3v) is 3.89. The molecule has 4 N–H and O–H groups in total. The van der Waals surface area contributed by atoms with Gasteiger partial charge in [0.2, 0.25) is 0 Å². The van der Waals surface area contributed by atoms with E-state index in [2.05, 4.69) is 42.3 Å². The van der Waals surface area contributed by atoms with Gasteiger partial charge in [-0.2, -0.15) is 0 Å². The molecule has 0 bridgehead atoms. The van der Waals surface area contributed by atoms with Crippen LogP contribution in [0.4, 0.5) is 5.69 Å². The SMILES string of the molecule is NC(=NO)c1cccc(C(=O)Nc2cc(Br)ccc2Br)c1. The molecule has 0 fully saturated rings. The lowest BCUT2D eigenvalue weighted by Gasteiger charge is -2.09. The molecule has 108 valence electrons. The van der Waals surface area contributed by atoms with E-state index in [1.807, 2.05) is 12.1 Å². The lowest BCUT2D eigenvalue weighted by molar-refractivity contribution is 0.102. The molecule has 0 unspecified atom stereocenters. The Morgan fingerprint density at radius 1 is 1.14 bits per heavy atom. The van der Waals surface area contributed by atoms with Crippen LogP contribution in [0.3, 0.4) is 0 Å². The van der Waals surface area contributed by atoms with E-state index in [-0.39, 0.29) is 11.7 Å². The number of carbonyl (C=O) groups is 1. The van der Waals surface area contributed by atoms with Crippen molar-refractivity contribution >= 4 is 49.3 Å². The van der Waals surface area contributed by atoms with Crippen molar-refractivity contribution in [1.82, 2.24) is 0 Å². The van der Waals surface area contributed by atoms with Crippen LogP contribution >= 0.6 is 31.9 Å². The van der Waals surface area contributed by atoms with Crippen LogP contribution in [-0.2, 0) is 0 Å².